The molecule has 1 aromatic heterocycles. The van der Waals surface area contributed by atoms with Gasteiger partial charge in [-0.05, 0) is 32.9 Å². The third-order valence-electron chi connectivity index (χ3n) is 3.15. The minimum atomic E-state index is -1.30. The van der Waals surface area contributed by atoms with Gasteiger partial charge in [0, 0.05) is 6.54 Å². The number of methoxy groups -OCH3 is 1. The smallest absolute Gasteiger partial charge is 0.163 e. The normalized spacial score (nSPS) is 19.7. The fourth-order valence-electron chi connectivity index (χ4n) is 2.27. The average molecular weight is 227 g/mol. The molecule has 1 N–H and O–H groups in total. The van der Waals surface area contributed by atoms with Crippen LogP contribution in [0.1, 0.15) is 25.5 Å². The fourth-order valence-corrected chi connectivity index (χ4v) is 2.27. The van der Waals surface area contributed by atoms with E-state index in [0.29, 0.717) is 43.9 Å². The zero-order valence-corrected chi connectivity index (χ0v) is 9.79. The van der Waals surface area contributed by atoms with Gasteiger partial charge in [-0.1, -0.05) is 0 Å². The molecule has 0 aromatic carbocycles. The molecule has 0 atom stereocenters. The van der Waals surface area contributed by atoms with Gasteiger partial charge in [0.2, 0.25) is 0 Å². The molecule has 1 fully saturated rings. The summed E-state index contributed by atoms with van der Waals surface area (Å²) in [6.07, 6.45) is 2.56. The highest BCUT2D eigenvalue weighted by Gasteiger charge is 2.39. The topological polar surface area (TPSA) is 39.1 Å². The monoisotopic (exact) mass is 227 g/mol. The molecule has 2 heterocycles. The molecule has 0 aliphatic carbocycles. The van der Waals surface area contributed by atoms with Crippen molar-refractivity contribution in [1.82, 2.24) is 15.1 Å². The van der Waals surface area contributed by atoms with Gasteiger partial charge in [-0.3, -0.25) is 4.68 Å². The van der Waals surface area contributed by atoms with Gasteiger partial charge in [0.25, 0.3) is 0 Å². The molecular formula is C11H18FN3O. The van der Waals surface area contributed by atoms with Crippen LogP contribution in [0.2, 0.25) is 0 Å². The molecular weight excluding hydrogens is 209 g/mol. The maximum absolute atomic E-state index is 14.9. The molecule has 1 aliphatic heterocycles. The molecule has 1 aromatic rings. The quantitative estimate of drug-likeness (QED) is 0.849. The van der Waals surface area contributed by atoms with Crippen LogP contribution in [-0.2, 0) is 12.2 Å². The Bertz CT molecular complexity index is 337. The van der Waals surface area contributed by atoms with Gasteiger partial charge in [-0.15, -0.1) is 0 Å². The van der Waals surface area contributed by atoms with E-state index in [4.69, 9.17) is 4.74 Å². The van der Waals surface area contributed by atoms with E-state index in [0.717, 1.165) is 0 Å². The Balaban J connectivity index is 2.39. The Morgan fingerprint density at radius 2 is 2.25 bits per heavy atom. The van der Waals surface area contributed by atoms with E-state index >= 15 is 0 Å². The van der Waals surface area contributed by atoms with Crippen LogP contribution in [0.15, 0.2) is 6.20 Å². The highest BCUT2D eigenvalue weighted by molar-refractivity contribution is 5.31. The summed E-state index contributed by atoms with van der Waals surface area (Å²) in [5, 5.41) is 7.32. The number of aryl methyl sites for hydroxylation is 1. The number of nitrogens with one attached hydrogen (secondary N) is 1. The van der Waals surface area contributed by atoms with Crippen molar-refractivity contribution in [2.24, 2.45) is 0 Å². The van der Waals surface area contributed by atoms with Crippen molar-refractivity contribution in [3.8, 4) is 5.75 Å². The van der Waals surface area contributed by atoms with Crippen LogP contribution in [0.25, 0.3) is 0 Å². The largest absolute Gasteiger partial charge is 0.493 e. The molecule has 1 aliphatic rings. The number of alkyl halides is 1. The van der Waals surface area contributed by atoms with Gasteiger partial charge in [0.05, 0.1) is 13.3 Å². The van der Waals surface area contributed by atoms with Crippen molar-refractivity contribution in [3.63, 3.8) is 0 Å². The SMILES string of the molecule is CCn1ncc(OC)c1C1(F)CCNCC1. The summed E-state index contributed by atoms with van der Waals surface area (Å²) in [7, 11) is 1.56. The molecule has 0 saturated carbocycles. The van der Waals surface area contributed by atoms with Crippen molar-refractivity contribution < 1.29 is 9.13 Å². The van der Waals surface area contributed by atoms with Crippen LogP contribution in [0.3, 0.4) is 0 Å². The Morgan fingerprint density at radius 1 is 1.56 bits per heavy atom. The first-order valence-electron chi connectivity index (χ1n) is 5.71. The number of aromatic nitrogens is 2. The number of piperidine rings is 1. The second kappa shape index (κ2) is 4.41. The second-order valence-corrected chi connectivity index (χ2v) is 4.09. The van der Waals surface area contributed by atoms with Gasteiger partial charge in [0.1, 0.15) is 5.69 Å². The fraction of sp³-hybridized carbons (Fsp3) is 0.727. The van der Waals surface area contributed by atoms with Crippen LogP contribution in [0.5, 0.6) is 5.75 Å². The molecule has 0 amide bonds. The van der Waals surface area contributed by atoms with Gasteiger partial charge < -0.3 is 10.1 Å². The van der Waals surface area contributed by atoms with Crippen LogP contribution in [0, 0.1) is 0 Å². The summed E-state index contributed by atoms with van der Waals surface area (Å²) in [5.41, 5.74) is -0.706. The Hall–Kier alpha value is -1.10. The summed E-state index contributed by atoms with van der Waals surface area (Å²) in [6, 6.07) is 0. The van der Waals surface area contributed by atoms with Gasteiger partial charge in [-0.2, -0.15) is 5.10 Å². The third kappa shape index (κ3) is 1.80. The highest BCUT2D eigenvalue weighted by atomic mass is 19.1. The third-order valence-corrected chi connectivity index (χ3v) is 3.15. The van der Waals surface area contributed by atoms with E-state index in [1.165, 1.54) is 0 Å². The number of hydrogen-bond donors (Lipinski definition) is 1. The number of rotatable bonds is 3. The van der Waals surface area contributed by atoms with E-state index < -0.39 is 5.67 Å². The molecule has 16 heavy (non-hydrogen) atoms. The molecule has 2 rings (SSSR count). The molecule has 4 nitrogen and oxygen atoms in total. The number of halogens is 1. The van der Waals surface area contributed by atoms with Gasteiger partial charge >= 0.3 is 0 Å². The lowest BCUT2D eigenvalue weighted by atomic mass is 9.90. The molecule has 0 radical (unpaired) electrons. The number of hydrogen-bond acceptors (Lipinski definition) is 3. The molecule has 90 valence electrons. The number of nitrogens with zero attached hydrogens (tertiary/aromatic N) is 2. The van der Waals surface area contributed by atoms with Crippen LogP contribution in [-0.4, -0.2) is 30.0 Å². The molecule has 0 bridgehead atoms. The second-order valence-electron chi connectivity index (χ2n) is 4.09. The minimum Gasteiger partial charge on any atom is -0.493 e. The summed E-state index contributed by atoms with van der Waals surface area (Å²) in [4.78, 5) is 0. The molecule has 0 unspecified atom stereocenters. The van der Waals surface area contributed by atoms with E-state index in [2.05, 4.69) is 10.4 Å². The maximum atomic E-state index is 14.9. The zero-order chi connectivity index (χ0) is 11.6. The summed E-state index contributed by atoms with van der Waals surface area (Å²) in [6.45, 7) is 4.03. The van der Waals surface area contributed by atoms with Gasteiger partial charge in [0.15, 0.2) is 11.4 Å². The van der Waals surface area contributed by atoms with Crippen LogP contribution < -0.4 is 10.1 Å². The van der Waals surface area contributed by atoms with Crippen LogP contribution in [0.4, 0.5) is 4.39 Å². The predicted octanol–water partition coefficient (Wildman–Crippen LogP) is 1.46. The van der Waals surface area contributed by atoms with Gasteiger partial charge in [-0.25, -0.2) is 4.39 Å². The van der Waals surface area contributed by atoms with Crippen molar-refractivity contribution >= 4 is 0 Å². The lowest BCUT2D eigenvalue weighted by Crippen LogP contribution is -2.38. The predicted molar refractivity (Wildman–Crippen MR) is 59.3 cm³/mol. The molecule has 5 heteroatoms. The van der Waals surface area contributed by atoms with Crippen molar-refractivity contribution in [3.05, 3.63) is 11.9 Å². The van der Waals surface area contributed by atoms with E-state index in [1.807, 2.05) is 6.92 Å². The zero-order valence-electron chi connectivity index (χ0n) is 9.79. The first kappa shape index (κ1) is 11.4. The van der Waals surface area contributed by atoms with E-state index in [9.17, 15) is 4.39 Å². The van der Waals surface area contributed by atoms with Crippen molar-refractivity contribution in [1.29, 1.82) is 0 Å². The van der Waals surface area contributed by atoms with Crippen LogP contribution >= 0.6 is 0 Å². The Morgan fingerprint density at radius 3 is 2.81 bits per heavy atom. The minimum absolute atomic E-state index is 0.481. The standard InChI is InChI=1S/C11H18FN3O/c1-3-15-10(9(16-2)8-14-15)11(12)4-6-13-7-5-11/h8,13H,3-7H2,1-2H3. The molecule has 1 saturated heterocycles. The highest BCUT2D eigenvalue weighted by Crippen LogP contribution is 2.39. The lowest BCUT2D eigenvalue weighted by Gasteiger charge is -2.30. The Labute approximate surface area is 94.8 Å². The summed E-state index contributed by atoms with van der Waals surface area (Å²) < 4.78 is 21.8. The van der Waals surface area contributed by atoms with E-state index in [1.54, 1.807) is 18.0 Å². The maximum Gasteiger partial charge on any atom is 0.163 e. The lowest BCUT2D eigenvalue weighted by molar-refractivity contribution is 0.0997. The van der Waals surface area contributed by atoms with Crippen molar-refractivity contribution in [2.45, 2.75) is 32.0 Å². The average Bonchev–Trinajstić information content (AvgIpc) is 2.73. The first-order valence-corrected chi connectivity index (χ1v) is 5.71. The first-order chi connectivity index (χ1) is 7.71. The Kier molecular flexibility index (Phi) is 3.14. The summed E-state index contributed by atoms with van der Waals surface area (Å²) >= 11 is 0. The number of ether oxygens (including phenoxy) is 1. The summed E-state index contributed by atoms with van der Waals surface area (Å²) in [5.74, 6) is 0.561. The van der Waals surface area contributed by atoms with Crippen molar-refractivity contribution in [2.75, 3.05) is 20.2 Å². The van der Waals surface area contributed by atoms with E-state index in [-0.39, 0.29) is 0 Å². The molecule has 0 spiro atoms.